The molecular formula is C13H24N4O. The molecule has 0 aliphatic heterocycles. The quantitative estimate of drug-likeness (QED) is 0.842. The van der Waals surface area contributed by atoms with Crippen molar-refractivity contribution in [3.8, 4) is 0 Å². The van der Waals surface area contributed by atoms with Gasteiger partial charge in [0.05, 0.1) is 6.04 Å². The molecule has 0 spiro atoms. The van der Waals surface area contributed by atoms with Crippen LogP contribution in [-0.2, 0) is 0 Å². The van der Waals surface area contributed by atoms with Crippen LogP contribution in [0.3, 0.4) is 0 Å². The molecule has 0 radical (unpaired) electrons. The minimum Gasteiger partial charge on any atom is -0.406 e. The van der Waals surface area contributed by atoms with Gasteiger partial charge in [0, 0.05) is 6.54 Å². The van der Waals surface area contributed by atoms with Crippen LogP contribution in [0, 0.1) is 11.8 Å². The van der Waals surface area contributed by atoms with Crippen LogP contribution >= 0.6 is 0 Å². The van der Waals surface area contributed by atoms with Gasteiger partial charge in [-0.2, -0.15) is 0 Å². The first-order chi connectivity index (χ1) is 8.65. The van der Waals surface area contributed by atoms with Gasteiger partial charge in [-0.15, -0.1) is 5.10 Å². The van der Waals surface area contributed by atoms with Gasteiger partial charge < -0.3 is 15.5 Å². The lowest BCUT2D eigenvalue weighted by atomic mass is 9.81. The van der Waals surface area contributed by atoms with E-state index in [4.69, 9.17) is 10.2 Å². The second-order valence-electron chi connectivity index (χ2n) is 5.58. The van der Waals surface area contributed by atoms with Crippen LogP contribution < -0.4 is 11.1 Å². The van der Waals surface area contributed by atoms with Crippen molar-refractivity contribution in [2.45, 2.75) is 52.0 Å². The highest BCUT2D eigenvalue weighted by molar-refractivity contribution is 5.16. The van der Waals surface area contributed by atoms with Gasteiger partial charge in [0.1, 0.15) is 0 Å². The summed E-state index contributed by atoms with van der Waals surface area (Å²) in [4.78, 5) is 0. The van der Waals surface area contributed by atoms with E-state index in [0.29, 0.717) is 11.9 Å². The fraction of sp³-hybridized carbons (Fsp3) is 0.846. The highest BCUT2D eigenvalue weighted by Gasteiger charge is 2.18. The molecule has 3 N–H and O–H groups in total. The second kappa shape index (κ2) is 6.18. The standard InChI is InChI=1S/C13H24N4O/c1-9-3-5-11(6-4-9)7-8-15-13-17-16-12(18-13)10(2)14/h9-11H,3-8,14H2,1-2H3,(H,15,17). The first-order valence-electron chi connectivity index (χ1n) is 6.98. The van der Waals surface area contributed by atoms with Crippen molar-refractivity contribution in [2.75, 3.05) is 11.9 Å². The van der Waals surface area contributed by atoms with Gasteiger partial charge in [-0.1, -0.05) is 37.7 Å². The molecule has 1 heterocycles. The topological polar surface area (TPSA) is 77.0 Å². The lowest BCUT2D eigenvalue weighted by Crippen LogP contribution is -2.15. The third-order valence-electron chi connectivity index (χ3n) is 3.79. The molecule has 1 aliphatic rings. The van der Waals surface area contributed by atoms with Crippen LogP contribution in [0.1, 0.15) is 57.9 Å². The van der Waals surface area contributed by atoms with Crippen molar-refractivity contribution in [2.24, 2.45) is 17.6 Å². The van der Waals surface area contributed by atoms with E-state index in [2.05, 4.69) is 22.4 Å². The predicted octanol–water partition coefficient (Wildman–Crippen LogP) is 2.72. The Balaban J connectivity index is 1.68. The smallest absolute Gasteiger partial charge is 0.315 e. The van der Waals surface area contributed by atoms with E-state index >= 15 is 0 Å². The van der Waals surface area contributed by atoms with Crippen molar-refractivity contribution in [3.05, 3.63) is 5.89 Å². The van der Waals surface area contributed by atoms with Gasteiger partial charge >= 0.3 is 6.01 Å². The molecule has 2 rings (SSSR count). The highest BCUT2D eigenvalue weighted by atomic mass is 16.4. The number of hydrogen-bond donors (Lipinski definition) is 2. The zero-order valence-electron chi connectivity index (χ0n) is 11.4. The third-order valence-corrected chi connectivity index (χ3v) is 3.79. The van der Waals surface area contributed by atoms with Crippen LogP contribution in [0.4, 0.5) is 6.01 Å². The Morgan fingerprint density at radius 1 is 1.33 bits per heavy atom. The van der Waals surface area contributed by atoms with Gasteiger partial charge in [-0.3, -0.25) is 0 Å². The van der Waals surface area contributed by atoms with E-state index in [0.717, 1.165) is 18.4 Å². The van der Waals surface area contributed by atoms with Crippen molar-refractivity contribution in [1.29, 1.82) is 0 Å². The molecule has 0 saturated heterocycles. The average molecular weight is 252 g/mol. The molecule has 0 aromatic carbocycles. The fourth-order valence-electron chi connectivity index (χ4n) is 2.49. The molecule has 18 heavy (non-hydrogen) atoms. The Morgan fingerprint density at radius 3 is 2.67 bits per heavy atom. The van der Waals surface area contributed by atoms with Crippen molar-refractivity contribution in [3.63, 3.8) is 0 Å². The number of nitrogens with zero attached hydrogens (tertiary/aromatic N) is 2. The maximum Gasteiger partial charge on any atom is 0.315 e. The molecule has 0 amide bonds. The number of rotatable bonds is 5. The fourth-order valence-corrected chi connectivity index (χ4v) is 2.49. The molecule has 0 bridgehead atoms. The minimum absolute atomic E-state index is 0.201. The summed E-state index contributed by atoms with van der Waals surface area (Å²) in [5.41, 5.74) is 5.66. The average Bonchev–Trinajstić information content (AvgIpc) is 2.81. The Bertz CT molecular complexity index is 356. The number of anilines is 1. The maximum absolute atomic E-state index is 5.66. The molecule has 1 saturated carbocycles. The number of aromatic nitrogens is 2. The lowest BCUT2D eigenvalue weighted by molar-refractivity contribution is 0.281. The first kappa shape index (κ1) is 13.3. The molecule has 102 valence electrons. The van der Waals surface area contributed by atoms with Crippen molar-refractivity contribution in [1.82, 2.24) is 10.2 Å². The zero-order valence-corrected chi connectivity index (χ0v) is 11.4. The summed E-state index contributed by atoms with van der Waals surface area (Å²) in [7, 11) is 0. The highest BCUT2D eigenvalue weighted by Crippen LogP contribution is 2.30. The van der Waals surface area contributed by atoms with Gasteiger partial charge in [0.15, 0.2) is 0 Å². The van der Waals surface area contributed by atoms with Crippen molar-refractivity contribution < 1.29 is 4.42 Å². The van der Waals surface area contributed by atoms with Crippen LogP contribution in [0.25, 0.3) is 0 Å². The summed E-state index contributed by atoms with van der Waals surface area (Å²) < 4.78 is 5.39. The summed E-state index contributed by atoms with van der Waals surface area (Å²) in [6.45, 7) is 5.09. The first-order valence-corrected chi connectivity index (χ1v) is 6.98. The van der Waals surface area contributed by atoms with Gasteiger partial charge in [-0.25, -0.2) is 0 Å². The zero-order chi connectivity index (χ0) is 13.0. The van der Waals surface area contributed by atoms with Crippen LogP contribution in [-0.4, -0.2) is 16.7 Å². The van der Waals surface area contributed by atoms with E-state index in [-0.39, 0.29) is 6.04 Å². The Kier molecular flexibility index (Phi) is 4.58. The van der Waals surface area contributed by atoms with Crippen LogP contribution in [0.15, 0.2) is 4.42 Å². The van der Waals surface area contributed by atoms with Gasteiger partial charge in [0.25, 0.3) is 0 Å². The van der Waals surface area contributed by atoms with Crippen LogP contribution in [0.2, 0.25) is 0 Å². The van der Waals surface area contributed by atoms with Gasteiger partial charge in [0.2, 0.25) is 5.89 Å². The monoisotopic (exact) mass is 252 g/mol. The molecule has 5 nitrogen and oxygen atoms in total. The maximum atomic E-state index is 5.66. The molecule has 1 aromatic heterocycles. The van der Waals surface area contributed by atoms with Crippen LogP contribution in [0.5, 0.6) is 0 Å². The van der Waals surface area contributed by atoms with E-state index < -0.39 is 0 Å². The predicted molar refractivity (Wildman–Crippen MR) is 71.1 cm³/mol. The number of nitrogens with one attached hydrogen (secondary N) is 1. The van der Waals surface area contributed by atoms with Gasteiger partial charge in [-0.05, 0) is 25.2 Å². The molecule has 1 fully saturated rings. The molecule has 5 heteroatoms. The van der Waals surface area contributed by atoms with E-state index in [1.807, 2.05) is 6.92 Å². The molecule has 1 aromatic rings. The minimum atomic E-state index is -0.201. The molecule has 1 atom stereocenters. The Morgan fingerprint density at radius 2 is 2.06 bits per heavy atom. The van der Waals surface area contributed by atoms with E-state index in [1.165, 1.54) is 32.1 Å². The number of hydrogen-bond acceptors (Lipinski definition) is 5. The van der Waals surface area contributed by atoms with E-state index in [9.17, 15) is 0 Å². The Hall–Kier alpha value is -1.10. The number of nitrogens with two attached hydrogens (primary N) is 1. The Labute approximate surface area is 109 Å². The third kappa shape index (κ3) is 3.70. The summed E-state index contributed by atoms with van der Waals surface area (Å²) in [6, 6.07) is 0.291. The molecule has 1 unspecified atom stereocenters. The summed E-state index contributed by atoms with van der Waals surface area (Å²) in [6.07, 6.45) is 6.65. The summed E-state index contributed by atoms with van der Waals surface area (Å²) >= 11 is 0. The normalized spacial score (nSPS) is 25.9. The molecular weight excluding hydrogens is 228 g/mol. The largest absolute Gasteiger partial charge is 0.406 e. The SMILES string of the molecule is CC1CCC(CCNc2nnc(C(C)N)o2)CC1. The molecule has 1 aliphatic carbocycles. The van der Waals surface area contributed by atoms with E-state index in [1.54, 1.807) is 0 Å². The summed E-state index contributed by atoms with van der Waals surface area (Å²) in [5.74, 6) is 2.26. The summed E-state index contributed by atoms with van der Waals surface area (Å²) in [5, 5.41) is 11.0. The van der Waals surface area contributed by atoms with Crippen molar-refractivity contribution >= 4 is 6.01 Å². The lowest BCUT2D eigenvalue weighted by Gasteiger charge is -2.25. The second-order valence-corrected chi connectivity index (χ2v) is 5.58.